The molecular weight excluding hydrogens is 400 g/mol. The molecule has 1 N–H and O–H groups in total. The van der Waals surface area contributed by atoms with Crippen molar-refractivity contribution in [1.82, 2.24) is 9.55 Å². The monoisotopic (exact) mass is 424 g/mol. The van der Waals surface area contributed by atoms with Crippen LogP contribution in [-0.4, -0.2) is 17.6 Å². The predicted molar refractivity (Wildman–Crippen MR) is 118 cm³/mol. The van der Waals surface area contributed by atoms with Crippen LogP contribution in [0.4, 0.5) is 0 Å². The number of nitrogens with zero attached hydrogens (tertiary/aromatic N) is 1. The van der Waals surface area contributed by atoms with Crippen LogP contribution in [0, 0.1) is 0 Å². The molecule has 0 radical (unpaired) electrons. The molecule has 2 heterocycles. The number of hydrogen-bond acceptors (Lipinski definition) is 0. The van der Waals surface area contributed by atoms with Crippen molar-refractivity contribution < 1.29 is 0 Å². The minimum absolute atomic E-state index is 1.10. The first-order chi connectivity index (χ1) is 12.3. The van der Waals surface area contributed by atoms with Crippen molar-refractivity contribution in [1.29, 1.82) is 0 Å². The second-order valence-corrected chi connectivity index (χ2v) is 14.2. The Labute approximate surface area is 164 Å². The van der Waals surface area contributed by atoms with E-state index in [0.717, 1.165) is 17.3 Å². The predicted octanol–water partition coefficient (Wildman–Crippen LogP) is 6.55. The quantitative estimate of drug-likeness (QED) is 0.355. The molecule has 4 rings (SSSR count). The van der Waals surface area contributed by atoms with Gasteiger partial charge in [0.1, 0.15) is 0 Å². The highest BCUT2D eigenvalue weighted by molar-refractivity contribution is 9.10. The van der Waals surface area contributed by atoms with E-state index in [1.807, 2.05) is 0 Å². The standard InChI is InChI=1S/C22H25BrN2Si/c1-25-12-6-9-20(25)21(26(2,3)4)13-15-7-5-8-17-18-14-16(23)10-11-19(18)24-22(15)17/h6,9-12,14,24H,5,7-8H2,1-4H3. The van der Waals surface area contributed by atoms with E-state index < -0.39 is 8.07 Å². The van der Waals surface area contributed by atoms with E-state index in [4.69, 9.17) is 0 Å². The van der Waals surface area contributed by atoms with Gasteiger partial charge in [-0.25, -0.2) is 0 Å². The first kappa shape index (κ1) is 17.7. The van der Waals surface area contributed by atoms with Gasteiger partial charge in [-0.1, -0.05) is 35.6 Å². The summed E-state index contributed by atoms with van der Waals surface area (Å²) < 4.78 is 3.37. The molecule has 1 aliphatic rings. The number of halogens is 1. The summed E-state index contributed by atoms with van der Waals surface area (Å²) in [6, 6.07) is 10.9. The lowest BCUT2D eigenvalue weighted by atomic mass is 9.92. The molecule has 134 valence electrons. The number of aromatic amines is 1. The van der Waals surface area contributed by atoms with Crippen molar-refractivity contribution in [3.8, 4) is 0 Å². The number of nitrogens with one attached hydrogen (secondary N) is 1. The third-order valence-electron chi connectivity index (χ3n) is 5.25. The van der Waals surface area contributed by atoms with Gasteiger partial charge in [-0.3, -0.25) is 0 Å². The van der Waals surface area contributed by atoms with E-state index in [-0.39, 0.29) is 0 Å². The number of fused-ring (bicyclic) bond motifs is 3. The maximum Gasteiger partial charge on any atom is 0.0903 e. The molecule has 0 saturated carbocycles. The van der Waals surface area contributed by atoms with Gasteiger partial charge < -0.3 is 9.55 Å². The molecule has 1 aromatic carbocycles. The van der Waals surface area contributed by atoms with Crippen molar-refractivity contribution >= 4 is 45.7 Å². The average Bonchev–Trinajstić information content (AvgIpc) is 3.15. The molecule has 0 aliphatic heterocycles. The van der Waals surface area contributed by atoms with Crippen LogP contribution in [0.1, 0.15) is 29.8 Å². The largest absolute Gasteiger partial charge is 0.354 e. The highest BCUT2D eigenvalue weighted by Crippen LogP contribution is 2.37. The lowest BCUT2D eigenvalue weighted by Gasteiger charge is -2.21. The van der Waals surface area contributed by atoms with Crippen LogP contribution in [0.15, 0.2) is 46.7 Å². The SMILES string of the molecule is Cn1cccc1C(=C=C1CCCc2c1[nH]c1ccc(Br)cc21)[Si](C)(C)C. The zero-order valence-electron chi connectivity index (χ0n) is 15.9. The molecule has 3 aromatic rings. The molecule has 4 heteroatoms. The first-order valence-corrected chi connectivity index (χ1v) is 13.6. The summed E-state index contributed by atoms with van der Waals surface area (Å²) in [4.78, 5) is 3.68. The Morgan fingerprint density at radius 1 is 1.19 bits per heavy atom. The molecule has 26 heavy (non-hydrogen) atoms. The fourth-order valence-electron chi connectivity index (χ4n) is 3.94. The van der Waals surface area contributed by atoms with Crippen molar-refractivity contribution in [2.75, 3.05) is 0 Å². The van der Waals surface area contributed by atoms with E-state index in [1.54, 1.807) is 0 Å². The molecular formula is C22H25BrN2Si. The van der Waals surface area contributed by atoms with Gasteiger partial charge in [0.25, 0.3) is 0 Å². The third-order valence-corrected chi connectivity index (χ3v) is 7.62. The number of benzene rings is 1. The fraction of sp³-hybridized carbons (Fsp3) is 0.318. The van der Waals surface area contributed by atoms with Crippen molar-refractivity contribution in [2.45, 2.75) is 38.9 Å². The normalized spacial score (nSPS) is 14.4. The molecule has 0 saturated heterocycles. The maximum atomic E-state index is 3.90. The molecule has 0 spiro atoms. The summed E-state index contributed by atoms with van der Waals surface area (Å²) in [7, 11) is 0.600. The van der Waals surface area contributed by atoms with Gasteiger partial charge in [-0.15, -0.1) is 5.73 Å². The molecule has 1 aliphatic carbocycles. The number of aryl methyl sites for hydroxylation is 2. The lowest BCUT2D eigenvalue weighted by molar-refractivity contribution is 0.824. The number of rotatable bonds is 2. The first-order valence-electron chi connectivity index (χ1n) is 9.27. The minimum atomic E-state index is -1.53. The molecule has 2 aromatic heterocycles. The van der Waals surface area contributed by atoms with Gasteiger partial charge in [0, 0.05) is 45.1 Å². The Morgan fingerprint density at radius 2 is 2.00 bits per heavy atom. The molecule has 0 fully saturated rings. The zero-order valence-corrected chi connectivity index (χ0v) is 18.5. The van der Waals surface area contributed by atoms with Gasteiger partial charge in [0.05, 0.1) is 13.8 Å². The van der Waals surface area contributed by atoms with Crippen LogP contribution in [0.3, 0.4) is 0 Å². The van der Waals surface area contributed by atoms with Crippen LogP contribution >= 0.6 is 15.9 Å². The van der Waals surface area contributed by atoms with Crippen molar-refractivity contribution in [3.63, 3.8) is 0 Å². The summed E-state index contributed by atoms with van der Waals surface area (Å²) in [6.07, 6.45) is 5.57. The summed E-state index contributed by atoms with van der Waals surface area (Å²) in [5.41, 5.74) is 10.5. The van der Waals surface area contributed by atoms with Gasteiger partial charge in [-0.2, -0.15) is 0 Å². The topological polar surface area (TPSA) is 20.7 Å². The highest BCUT2D eigenvalue weighted by Gasteiger charge is 2.25. The van der Waals surface area contributed by atoms with Crippen LogP contribution < -0.4 is 0 Å². The molecule has 0 unspecified atom stereocenters. The van der Waals surface area contributed by atoms with E-state index in [0.29, 0.717) is 0 Å². The third kappa shape index (κ3) is 3.07. The lowest BCUT2D eigenvalue weighted by Crippen LogP contribution is -2.23. The van der Waals surface area contributed by atoms with Crippen LogP contribution in [-0.2, 0) is 13.5 Å². The smallest absolute Gasteiger partial charge is 0.0903 e. The van der Waals surface area contributed by atoms with E-state index in [1.165, 1.54) is 45.0 Å². The molecule has 0 amide bonds. The fourth-order valence-corrected chi connectivity index (χ4v) is 5.85. The van der Waals surface area contributed by atoms with Crippen LogP contribution in [0.2, 0.25) is 19.6 Å². The highest BCUT2D eigenvalue weighted by atomic mass is 79.9. The maximum absolute atomic E-state index is 3.90. The minimum Gasteiger partial charge on any atom is -0.354 e. The van der Waals surface area contributed by atoms with Gasteiger partial charge in [0.15, 0.2) is 0 Å². The number of H-pyrrole nitrogens is 1. The van der Waals surface area contributed by atoms with Gasteiger partial charge in [0.2, 0.25) is 0 Å². The summed E-state index contributed by atoms with van der Waals surface area (Å²) >= 11 is 3.62. The second kappa shape index (κ2) is 6.45. The Hall–Kier alpha value is -1.74. The Bertz CT molecular complexity index is 1060. The molecule has 2 nitrogen and oxygen atoms in total. The van der Waals surface area contributed by atoms with Gasteiger partial charge in [-0.05, 0) is 55.2 Å². The van der Waals surface area contributed by atoms with E-state index in [9.17, 15) is 0 Å². The van der Waals surface area contributed by atoms with E-state index >= 15 is 0 Å². The second-order valence-electron chi connectivity index (χ2n) is 8.25. The van der Waals surface area contributed by atoms with Crippen LogP contribution in [0.25, 0.3) is 21.7 Å². The summed E-state index contributed by atoms with van der Waals surface area (Å²) in [6.45, 7) is 7.23. The van der Waals surface area contributed by atoms with Gasteiger partial charge >= 0.3 is 0 Å². The Kier molecular flexibility index (Phi) is 4.38. The van der Waals surface area contributed by atoms with Crippen molar-refractivity contribution in [2.24, 2.45) is 7.05 Å². The van der Waals surface area contributed by atoms with Crippen LogP contribution in [0.5, 0.6) is 0 Å². The zero-order chi connectivity index (χ0) is 18.5. The Morgan fingerprint density at radius 3 is 2.69 bits per heavy atom. The van der Waals surface area contributed by atoms with E-state index in [2.05, 4.69) is 94.4 Å². The average molecular weight is 425 g/mol. The number of hydrogen-bond donors (Lipinski definition) is 1. The van der Waals surface area contributed by atoms with Crippen molar-refractivity contribution in [3.05, 3.63) is 63.7 Å². The molecule has 0 bridgehead atoms. The number of aromatic nitrogens is 2. The Balaban J connectivity index is 2.00. The number of allylic oxidation sites excluding steroid dienone is 1. The summed E-state index contributed by atoms with van der Waals surface area (Å²) in [5.74, 6) is 0. The summed E-state index contributed by atoms with van der Waals surface area (Å²) in [5, 5.41) is 2.76. The molecule has 0 atom stereocenters.